The third kappa shape index (κ3) is 5.89. The number of nitrogens with zero attached hydrogens (tertiary/aromatic N) is 4. The molecule has 0 aliphatic heterocycles. The van der Waals surface area contributed by atoms with Crippen LogP contribution in [0, 0.1) is 0 Å². The van der Waals surface area contributed by atoms with E-state index >= 15 is 0 Å². The first-order chi connectivity index (χ1) is 10.5. The van der Waals surface area contributed by atoms with Gasteiger partial charge in [0.1, 0.15) is 0 Å². The second-order valence-electron chi connectivity index (χ2n) is 5.44. The van der Waals surface area contributed by atoms with Crippen LogP contribution < -0.4 is 0 Å². The summed E-state index contributed by atoms with van der Waals surface area (Å²) in [6, 6.07) is 7.37. The van der Waals surface area contributed by atoms with Gasteiger partial charge in [-0.2, -0.15) is 0 Å². The summed E-state index contributed by atoms with van der Waals surface area (Å²) in [6.45, 7) is 3.32. The highest BCUT2D eigenvalue weighted by Crippen LogP contribution is 2.14. The monoisotopic (exact) mass is 338 g/mol. The van der Waals surface area contributed by atoms with Gasteiger partial charge in [0.05, 0.1) is 11.4 Å². The normalized spacial score (nSPS) is 11.4. The summed E-state index contributed by atoms with van der Waals surface area (Å²) in [7, 11) is 4.13. The highest BCUT2D eigenvalue weighted by molar-refractivity contribution is 6.30. The quantitative estimate of drug-likeness (QED) is 0.774. The van der Waals surface area contributed by atoms with Crippen molar-refractivity contribution in [3.8, 4) is 0 Å². The molecule has 0 amide bonds. The third-order valence-corrected chi connectivity index (χ3v) is 3.66. The van der Waals surface area contributed by atoms with Gasteiger partial charge in [-0.3, -0.25) is 14.9 Å². The molecule has 22 heavy (non-hydrogen) atoms. The molecule has 0 bridgehead atoms. The van der Waals surface area contributed by atoms with Crippen molar-refractivity contribution in [1.82, 2.24) is 19.8 Å². The van der Waals surface area contributed by atoms with Crippen molar-refractivity contribution in [1.29, 1.82) is 0 Å². The molecule has 0 saturated heterocycles. The van der Waals surface area contributed by atoms with Gasteiger partial charge in [0.2, 0.25) is 0 Å². The Bertz CT molecular complexity index is 557. The molecule has 2 aromatic rings. The average Bonchev–Trinajstić information content (AvgIpc) is 2.45. The Labute approximate surface area is 141 Å². The van der Waals surface area contributed by atoms with Gasteiger partial charge in [0.15, 0.2) is 0 Å². The molecule has 4 nitrogen and oxygen atoms in total. The highest BCUT2D eigenvalue weighted by atomic mass is 35.5. The van der Waals surface area contributed by atoms with Gasteiger partial charge in [-0.15, -0.1) is 0 Å². The highest BCUT2D eigenvalue weighted by Gasteiger charge is 2.10. The van der Waals surface area contributed by atoms with Crippen molar-refractivity contribution in [2.24, 2.45) is 0 Å². The molecule has 2 rings (SSSR count). The van der Waals surface area contributed by atoms with E-state index in [1.54, 1.807) is 24.5 Å². The average molecular weight is 339 g/mol. The predicted molar refractivity (Wildman–Crippen MR) is 91.2 cm³/mol. The first-order valence-electron chi connectivity index (χ1n) is 7.11. The zero-order valence-electron chi connectivity index (χ0n) is 12.8. The molecule has 0 N–H and O–H groups in total. The van der Waals surface area contributed by atoms with Crippen molar-refractivity contribution in [2.45, 2.75) is 13.1 Å². The summed E-state index contributed by atoms with van der Waals surface area (Å²) in [5, 5.41) is 1.41. The summed E-state index contributed by atoms with van der Waals surface area (Å²) in [4.78, 5) is 13.2. The van der Waals surface area contributed by atoms with Gasteiger partial charge in [-0.1, -0.05) is 23.2 Å². The van der Waals surface area contributed by atoms with Crippen molar-refractivity contribution in [3.05, 3.63) is 58.1 Å². The molecule has 0 unspecified atom stereocenters. The number of rotatable bonds is 7. The predicted octanol–water partition coefficient (Wildman–Crippen LogP) is 3.35. The van der Waals surface area contributed by atoms with Gasteiger partial charge in [-0.05, 0) is 38.4 Å². The summed E-state index contributed by atoms with van der Waals surface area (Å²) in [5.74, 6) is 0. The standard InChI is InChI=1S/C16H20Cl2N4/c1-21(2)7-8-22(11-15-9-13(17)3-5-19-15)12-16-10-14(18)4-6-20-16/h3-6,9-10H,7-8,11-12H2,1-2H3. The van der Waals surface area contributed by atoms with Crippen LogP contribution >= 0.6 is 23.2 Å². The third-order valence-electron chi connectivity index (χ3n) is 3.19. The Morgan fingerprint density at radius 3 is 1.77 bits per heavy atom. The Balaban J connectivity index is 2.08. The second-order valence-corrected chi connectivity index (χ2v) is 6.32. The second kappa shape index (κ2) is 8.44. The number of pyridine rings is 2. The van der Waals surface area contributed by atoms with Crippen molar-refractivity contribution in [3.63, 3.8) is 0 Å². The topological polar surface area (TPSA) is 32.3 Å². The molecule has 0 saturated carbocycles. The van der Waals surface area contributed by atoms with Crippen LogP contribution in [0.4, 0.5) is 0 Å². The number of hydrogen-bond donors (Lipinski definition) is 0. The molecule has 0 radical (unpaired) electrons. The Morgan fingerprint density at radius 2 is 1.36 bits per heavy atom. The molecule has 2 aromatic heterocycles. The maximum Gasteiger partial charge on any atom is 0.0558 e. The Hall–Kier alpha value is -1.20. The molecule has 118 valence electrons. The summed E-state index contributed by atoms with van der Waals surface area (Å²) in [6.07, 6.45) is 3.47. The molecule has 0 atom stereocenters. The molecule has 0 aliphatic carbocycles. The van der Waals surface area contributed by atoms with E-state index in [1.807, 2.05) is 12.1 Å². The molecule has 0 spiro atoms. The van der Waals surface area contributed by atoms with Crippen LogP contribution in [-0.2, 0) is 13.1 Å². The van der Waals surface area contributed by atoms with E-state index in [1.165, 1.54) is 0 Å². The van der Waals surface area contributed by atoms with Gasteiger partial charge in [0.25, 0.3) is 0 Å². The van der Waals surface area contributed by atoms with Crippen molar-refractivity contribution >= 4 is 23.2 Å². The first kappa shape index (κ1) is 17.2. The molecule has 2 heterocycles. The summed E-state index contributed by atoms with van der Waals surface area (Å²) >= 11 is 12.1. The fourth-order valence-corrected chi connectivity index (χ4v) is 2.45. The largest absolute Gasteiger partial charge is 0.308 e. The van der Waals surface area contributed by atoms with Crippen LogP contribution in [0.15, 0.2) is 36.7 Å². The molecular formula is C16H20Cl2N4. The van der Waals surface area contributed by atoms with Crippen molar-refractivity contribution in [2.75, 3.05) is 27.2 Å². The van der Waals surface area contributed by atoms with Crippen LogP contribution in [0.1, 0.15) is 11.4 Å². The minimum absolute atomic E-state index is 0.707. The lowest BCUT2D eigenvalue weighted by molar-refractivity contribution is 0.222. The van der Waals surface area contributed by atoms with E-state index in [9.17, 15) is 0 Å². The Morgan fingerprint density at radius 1 is 0.864 bits per heavy atom. The first-order valence-corrected chi connectivity index (χ1v) is 7.86. The van der Waals surface area contributed by atoms with Crippen molar-refractivity contribution < 1.29 is 0 Å². The van der Waals surface area contributed by atoms with Crippen LogP contribution in [0.5, 0.6) is 0 Å². The van der Waals surface area contributed by atoms with Gasteiger partial charge in [-0.25, -0.2) is 0 Å². The van der Waals surface area contributed by atoms with Crippen LogP contribution in [0.2, 0.25) is 10.0 Å². The van der Waals surface area contributed by atoms with E-state index in [-0.39, 0.29) is 0 Å². The maximum absolute atomic E-state index is 6.04. The zero-order valence-corrected chi connectivity index (χ0v) is 14.3. The van der Waals surface area contributed by atoms with E-state index in [0.717, 1.165) is 37.6 Å². The lowest BCUT2D eigenvalue weighted by Gasteiger charge is -2.23. The van der Waals surface area contributed by atoms with Crippen LogP contribution in [-0.4, -0.2) is 47.0 Å². The van der Waals surface area contributed by atoms with E-state index in [0.29, 0.717) is 10.0 Å². The molecular weight excluding hydrogens is 319 g/mol. The minimum atomic E-state index is 0.707. The minimum Gasteiger partial charge on any atom is -0.308 e. The maximum atomic E-state index is 6.04. The number of likely N-dealkylation sites (N-methyl/N-ethyl adjacent to an activating group) is 1. The smallest absolute Gasteiger partial charge is 0.0558 e. The van der Waals surface area contributed by atoms with E-state index in [2.05, 4.69) is 33.9 Å². The lowest BCUT2D eigenvalue weighted by Crippen LogP contribution is -2.31. The van der Waals surface area contributed by atoms with Crippen LogP contribution in [0.25, 0.3) is 0 Å². The molecule has 0 aromatic carbocycles. The number of halogens is 2. The molecule has 0 aliphatic rings. The summed E-state index contributed by atoms with van der Waals surface area (Å²) < 4.78 is 0. The van der Waals surface area contributed by atoms with E-state index < -0.39 is 0 Å². The zero-order chi connectivity index (χ0) is 15.9. The van der Waals surface area contributed by atoms with Gasteiger partial charge >= 0.3 is 0 Å². The Kier molecular flexibility index (Phi) is 6.58. The van der Waals surface area contributed by atoms with E-state index in [4.69, 9.17) is 23.2 Å². The lowest BCUT2D eigenvalue weighted by atomic mass is 10.3. The number of aromatic nitrogens is 2. The summed E-state index contributed by atoms with van der Waals surface area (Å²) in [5.41, 5.74) is 1.90. The molecule has 0 fully saturated rings. The van der Waals surface area contributed by atoms with Gasteiger partial charge < -0.3 is 4.90 Å². The SMILES string of the molecule is CN(C)CCN(Cc1cc(Cl)ccn1)Cc1cc(Cl)ccn1. The fourth-order valence-electron chi connectivity index (χ4n) is 2.08. The molecule has 6 heteroatoms. The van der Waals surface area contributed by atoms with Crippen LogP contribution in [0.3, 0.4) is 0 Å². The fraction of sp³-hybridized carbons (Fsp3) is 0.375. The number of hydrogen-bond acceptors (Lipinski definition) is 4. The van der Waals surface area contributed by atoms with Gasteiger partial charge in [0, 0.05) is 48.6 Å².